The maximum atomic E-state index is 11.0. The van der Waals surface area contributed by atoms with Crippen LogP contribution in [0.15, 0.2) is 18.2 Å². The van der Waals surface area contributed by atoms with E-state index in [0.717, 1.165) is 0 Å². The number of aliphatic hydroxyl groups is 2. The summed E-state index contributed by atoms with van der Waals surface area (Å²) in [6, 6.07) is 4.39. The number of aliphatic carboxylic acids is 1. The first-order valence-electron chi connectivity index (χ1n) is 5.25. The van der Waals surface area contributed by atoms with Gasteiger partial charge in [0.15, 0.2) is 0 Å². The maximum absolute atomic E-state index is 11.0. The number of carbonyl (C=O) groups is 2. The van der Waals surface area contributed by atoms with Crippen molar-refractivity contribution in [3.63, 3.8) is 0 Å². The summed E-state index contributed by atoms with van der Waals surface area (Å²) < 4.78 is 0. The molecular weight excluding hydrogens is 240 g/mol. The molecule has 0 aliphatic heterocycles. The maximum Gasteiger partial charge on any atom is 0.336 e. The van der Waals surface area contributed by atoms with E-state index in [-0.39, 0.29) is 11.1 Å². The van der Waals surface area contributed by atoms with Gasteiger partial charge in [0, 0.05) is 5.56 Å². The van der Waals surface area contributed by atoms with Crippen molar-refractivity contribution in [2.75, 3.05) is 0 Å². The van der Waals surface area contributed by atoms with Crippen LogP contribution >= 0.6 is 0 Å². The van der Waals surface area contributed by atoms with Crippen molar-refractivity contribution in [2.45, 2.75) is 25.6 Å². The molecule has 0 saturated carbocycles. The third kappa shape index (κ3) is 3.06. The van der Waals surface area contributed by atoms with Crippen LogP contribution in [0.4, 0.5) is 0 Å². The van der Waals surface area contributed by atoms with Crippen LogP contribution in [0.25, 0.3) is 0 Å². The van der Waals surface area contributed by atoms with Gasteiger partial charge in [-0.05, 0) is 18.6 Å². The van der Waals surface area contributed by atoms with Crippen molar-refractivity contribution >= 4 is 11.9 Å². The summed E-state index contributed by atoms with van der Waals surface area (Å²) in [5, 5.41) is 37.0. The monoisotopic (exact) mass is 254 g/mol. The minimum absolute atomic E-state index is 0.0405. The Morgan fingerprint density at radius 3 is 2.33 bits per heavy atom. The molecule has 4 N–H and O–H groups in total. The van der Waals surface area contributed by atoms with Crippen molar-refractivity contribution in [3.05, 3.63) is 34.9 Å². The van der Waals surface area contributed by atoms with Gasteiger partial charge < -0.3 is 20.4 Å². The van der Waals surface area contributed by atoms with Gasteiger partial charge in [-0.25, -0.2) is 4.79 Å². The molecule has 0 heterocycles. The molecule has 0 aromatic heterocycles. The van der Waals surface area contributed by atoms with E-state index in [0.29, 0.717) is 5.56 Å². The Morgan fingerprint density at radius 2 is 1.83 bits per heavy atom. The highest BCUT2D eigenvalue weighted by atomic mass is 16.4. The third-order valence-electron chi connectivity index (χ3n) is 2.60. The summed E-state index contributed by atoms with van der Waals surface area (Å²) in [6.45, 7) is 1.58. The lowest BCUT2D eigenvalue weighted by molar-refractivity contribution is -0.141. The summed E-state index contributed by atoms with van der Waals surface area (Å²) in [6.07, 6.45) is -3.76. The molecule has 1 aromatic carbocycles. The van der Waals surface area contributed by atoms with Gasteiger partial charge in [-0.2, -0.15) is 0 Å². The SMILES string of the molecule is Cc1cccc(C(=O)O)c1C(O)C(O)CC(=O)O. The molecule has 0 bridgehead atoms. The molecule has 18 heavy (non-hydrogen) atoms. The second kappa shape index (κ2) is 5.61. The highest BCUT2D eigenvalue weighted by molar-refractivity contribution is 5.90. The van der Waals surface area contributed by atoms with Gasteiger partial charge in [-0.15, -0.1) is 0 Å². The Balaban J connectivity index is 3.15. The van der Waals surface area contributed by atoms with Gasteiger partial charge >= 0.3 is 11.9 Å². The second-order valence-electron chi connectivity index (χ2n) is 3.95. The van der Waals surface area contributed by atoms with Crippen molar-refractivity contribution in [3.8, 4) is 0 Å². The fourth-order valence-electron chi connectivity index (χ4n) is 1.74. The Hall–Kier alpha value is -1.92. The summed E-state index contributed by atoms with van der Waals surface area (Å²) in [4.78, 5) is 21.5. The minimum Gasteiger partial charge on any atom is -0.481 e. The van der Waals surface area contributed by atoms with Gasteiger partial charge in [-0.1, -0.05) is 12.1 Å². The summed E-state index contributed by atoms with van der Waals surface area (Å²) >= 11 is 0. The van der Waals surface area contributed by atoms with Gasteiger partial charge in [0.1, 0.15) is 6.10 Å². The van der Waals surface area contributed by atoms with E-state index < -0.39 is 30.6 Å². The number of benzene rings is 1. The van der Waals surface area contributed by atoms with Gasteiger partial charge in [-0.3, -0.25) is 4.79 Å². The molecule has 0 amide bonds. The summed E-state index contributed by atoms with van der Waals surface area (Å²) in [5.74, 6) is -2.51. The largest absolute Gasteiger partial charge is 0.481 e. The average molecular weight is 254 g/mol. The second-order valence-corrected chi connectivity index (χ2v) is 3.95. The molecule has 0 saturated heterocycles. The fourth-order valence-corrected chi connectivity index (χ4v) is 1.74. The standard InChI is InChI=1S/C12H14O6/c1-6-3-2-4-7(12(17)18)10(6)11(16)8(13)5-9(14)15/h2-4,8,11,13,16H,5H2,1H3,(H,14,15)(H,17,18). The van der Waals surface area contributed by atoms with Crippen LogP contribution in [0.2, 0.25) is 0 Å². The predicted octanol–water partition coefficient (Wildman–Crippen LogP) is 0.562. The average Bonchev–Trinajstić information content (AvgIpc) is 2.26. The van der Waals surface area contributed by atoms with Gasteiger partial charge in [0.05, 0.1) is 18.1 Å². The number of rotatable bonds is 5. The van der Waals surface area contributed by atoms with Crippen molar-refractivity contribution in [2.24, 2.45) is 0 Å². The molecule has 98 valence electrons. The molecular formula is C12H14O6. The topological polar surface area (TPSA) is 115 Å². The molecule has 0 spiro atoms. The van der Waals surface area contributed by atoms with E-state index in [9.17, 15) is 19.8 Å². The van der Waals surface area contributed by atoms with Crippen LogP contribution in [0.3, 0.4) is 0 Å². The van der Waals surface area contributed by atoms with E-state index in [4.69, 9.17) is 10.2 Å². The molecule has 6 heteroatoms. The number of aromatic carboxylic acids is 1. The molecule has 0 aliphatic carbocycles. The molecule has 0 radical (unpaired) electrons. The first-order chi connectivity index (χ1) is 8.34. The Bertz CT molecular complexity index is 468. The van der Waals surface area contributed by atoms with E-state index in [1.165, 1.54) is 12.1 Å². The van der Waals surface area contributed by atoms with Crippen molar-refractivity contribution in [1.29, 1.82) is 0 Å². The van der Waals surface area contributed by atoms with Crippen LogP contribution in [0.1, 0.15) is 34.0 Å². The Morgan fingerprint density at radius 1 is 1.22 bits per heavy atom. The zero-order valence-corrected chi connectivity index (χ0v) is 9.70. The van der Waals surface area contributed by atoms with E-state index in [1.54, 1.807) is 13.0 Å². The Labute approximate surface area is 103 Å². The lowest BCUT2D eigenvalue weighted by atomic mass is 9.93. The van der Waals surface area contributed by atoms with E-state index in [1.807, 2.05) is 0 Å². The van der Waals surface area contributed by atoms with Gasteiger partial charge in [0.2, 0.25) is 0 Å². The summed E-state index contributed by atoms with van der Waals surface area (Å²) in [5.41, 5.74) is 0.373. The number of aliphatic hydroxyl groups excluding tert-OH is 2. The van der Waals surface area contributed by atoms with Crippen LogP contribution < -0.4 is 0 Å². The quantitative estimate of drug-likeness (QED) is 0.610. The molecule has 1 rings (SSSR count). The zero-order valence-electron chi connectivity index (χ0n) is 9.70. The molecule has 0 aliphatic rings. The van der Waals surface area contributed by atoms with Crippen LogP contribution in [0, 0.1) is 6.92 Å². The fraction of sp³-hybridized carbons (Fsp3) is 0.333. The highest BCUT2D eigenvalue weighted by Crippen LogP contribution is 2.26. The lowest BCUT2D eigenvalue weighted by Crippen LogP contribution is -2.24. The zero-order chi connectivity index (χ0) is 13.9. The first kappa shape index (κ1) is 14.1. The minimum atomic E-state index is -1.55. The molecule has 2 unspecified atom stereocenters. The highest BCUT2D eigenvalue weighted by Gasteiger charge is 2.26. The number of aryl methyl sites for hydroxylation is 1. The van der Waals surface area contributed by atoms with E-state index in [2.05, 4.69) is 0 Å². The Kier molecular flexibility index (Phi) is 4.41. The smallest absolute Gasteiger partial charge is 0.336 e. The summed E-state index contributed by atoms with van der Waals surface area (Å²) in [7, 11) is 0. The molecule has 1 aromatic rings. The van der Waals surface area contributed by atoms with Crippen LogP contribution in [-0.2, 0) is 4.79 Å². The van der Waals surface area contributed by atoms with Crippen molar-refractivity contribution in [1.82, 2.24) is 0 Å². The van der Waals surface area contributed by atoms with Gasteiger partial charge in [0.25, 0.3) is 0 Å². The molecule has 0 fully saturated rings. The molecule has 2 atom stereocenters. The molecule has 6 nitrogen and oxygen atoms in total. The lowest BCUT2D eigenvalue weighted by Gasteiger charge is -2.20. The normalized spacial score (nSPS) is 13.9. The number of hydrogen-bond donors (Lipinski definition) is 4. The number of carboxylic acids is 2. The van der Waals surface area contributed by atoms with Crippen molar-refractivity contribution < 1.29 is 30.0 Å². The van der Waals surface area contributed by atoms with Crippen LogP contribution in [0.5, 0.6) is 0 Å². The predicted molar refractivity (Wildman–Crippen MR) is 61.4 cm³/mol. The van der Waals surface area contributed by atoms with E-state index >= 15 is 0 Å². The van der Waals surface area contributed by atoms with Crippen LogP contribution in [-0.4, -0.2) is 38.5 Å². The number of hydrogen-bond acceptors (Lipinski definition) is 4. The number of carboxylic acid groups (broad SMARTS) is 2. The third-order valence-corrected chi connectivity index (χ3v) is 2.60. The first-order valence-corrected chi connectivity index (χ1v) is 5.25.